The second-order valence-corrected chi connectivity index (χ2v) is 11.4. The van der Waals surface area contributed by atoms with Gasteiger partial charge in [-0.2, -0.15) is 5.10 Å². The van der Waals surface area contributed by atoms with Crippen LogP contribution in [0.3, 0.4) is 0 Å². The molecule has 0 radical (unpaired) electrons. The molecule has 3 aliphatic rings. The highest BCUT2D eigenvalue weighted by Gasteiger charge is 2.48. The number of amides is 3. The molecule has 38 heavy (non-hydrogen) atoms. The minimum absolute atomic E-state index is 0.0333. The Hall–Kier alpha value is -3.20. The molecule has 1 heterocycles. The van der Waals surface area contributed by atoms with E-state index in [0.29, 0.717) is 29.6 Å². The number of rotatable bonds is 11. The molecule has 1 aromatic carbocycles. The van der Waals surface area contributed by atoms with Gasteiger partial charge in [-0.25, -0.2) is 0 Å². The highest BCUT2D eigenvalue weighted by molar-refractivity contribution is 6.01. The van der Waals surface area contributed by atoms with Crippen molar-refractivity contribution in [3.63, 3.8) is 0 Å². The molecule has 2 aromatic rings. The van der Waals surface area contributed by atoms with Crippen LogP contribution in [-0.2, 0) is 16.0 Å². The van der Waals surface area contributed by atoms with Crippen molar-refractivity contribution >= 4 is 23.4 Å². The Kier molecular flexibility index (Phi) is 7.56. The number of nitrogens with zero attached hydrogens (tertiary/aromatic N) is 2. The molecular formula is C29H39N5O4. The van der Waals surface area contributed by atoms with Crippen LogP contribution in [0.25, 0.3) is 0 Å². The molecular weight excluding hydrogens is 482 g/mol. The number of aromatic nitrogens is 2. The molecule has 4 N–H and O–H groups in total. The number of benzene rings is 1. The maximum Gasteiger partial charge on any atom is 0.270 e. The lowest BCUT2D eigenvalue weighted by Crippen LogP contribution is -2.50. The summed E-state index contributed by atoms with van der Waals surface area (Å²) >= 11 is 0. The summed E-state index contributed by atoms with van der Waals surface area (Å²) in [6.07, 6.45) is 6.92. The predicted molar refractivity (Wildman–Crippen MR) is 143 cm³/mol. The molecule has 0 spiro atoms. The summed E-state index contributed by atoms with van der Waals surface area (Å²) in [5.41, 5.74) is 3.23. The fourth-order valence-corrected chi connectivity index (χ4v) is 5.87. The lowest BCUT2D eigenvalue weighted by molar-refractivity contribution is -0.130. The van der Waals surface area contributed by atoms with Crippen LogP contribution in [0.2, 0.25) is 0 Å². The molecule has 3 aliphatic carbocycles. The Bertz CT molecular complexity index is 1190. The van der Waals surface area contributed by atoms with E-state index in [4.69, 9.17) is 0 Å². The Labute approximate surface area is 223 Å². The van der Waals surface area contributed by atoms with Gasteiger partial charge in [-0.1, -0.05) is 13.0 Å². The molecule has 5 rings (SSSR count). The van der Waals surface area contributed by atoms with Crippen LogP contribution in [0.4, 0.5) is 5.69 Å². The molecule has 9 nitrogen and oxygen atoms in total. The molecule has 3 atom stereocenters. The Balaban J connectivity index is 1.32. The first kappa shape index (κ1) is 26.4. The standard InChI is InChI=1S/C29H39N5O4/c1-4-24(35)28(37)32-22-12-9-19-15-20(10-11-21(19)22)31-29(38)26(25(17-5-6-17)18-7-8-18)33-27(36)23-13-14-30-34(23)16(2)3/h10-11,13-18,22,24-26,35H,4-9,12H2,1-3H3,(H,31,38)(H,32,37)(H,33,36)/t22-,24-,26+/m1/s1. The van der Waals surface area contributed by atoms with Gasteiger partial charge in [0.15, 0.2) is 0 Å². The number of aryl methyl sites for hydroxylation is 1. The molecule has 3 amide bonds. The van der Waals surface area contributed by atoms with Gasteiger partial charge in [0.25, 0.3) is 5.91 Å². The number of aliphatic hydroxyl groups excluding tert-OH is 1. The summed E-state index contributed by atoms with van der Waals surface area (Å²) in [5.74, 6) is 0.253. The average Bonchev–Trinajstić information content (AvgIpc) is 3.83. The maximum atomic E-state index is 13.7. The highest BCUT2D eigenvalue weighted by atomic mass is 16.3. The average molecular weight is 522 g/mol. The van der Waals surface area contributed by atoms with Crippen molar-refractivity contribution in [3.05, 3.63) is 47.3 Å². The number of carbonyl (C=O) groups is 3. The summed E-state index contributed by atoms with van der Waals surface area (Å²) in [5, 5.41) is 23.2. The summed E-state index contributed by atoms with van der Waals surface area (Å²) < 4.78 is 1.68. The minimum Gasteiger partial charge on any atom is -0.383 e. The third-order valence-electron chi connectivity index (χ3n) is 8.17. The van der Waals surface area contributed by atoms with E-state index >= 15 is 0 Å². The van der Waals surface area contributed by atoms with Crippen molar-refractivity contribution in [3.8, 4) is 0 Å². The molecule has 2 fully saturated rings. The van der Waals surface area contributed by atoms with Crippen molar-refractivity contribution in [2.45, 2.75) is 89.9 Å². The third-order valence-corrected chi connectivity index (χ3v) is 8.17. The number of hydrogen-bond acceptors (Lipinski definition) is 5. The maximum absolute atomic E-state index is 13.7. The van der Waals surface area contributed by atoms with Gasteiger partial charge in [0.05, 0.1) is 6.04 Å². The topological polar surface area (TPSA) is 125 Å². The number of carbonyl (C=O) groups excluding carboxylic acids is 3. The smallest absolute Gasteiger partial charge is 0.270 e. The summed E-state index contributed by atoms with van der Waals surface area (Å²) in [6, 6.07) is 6.73. The highest BCUT2D eigenvalue weighted by Crippen LogP contribution is 2.51. The van der Waals surface area contributed by atoms with Crippen LogP contribution in [0.1, 0.15) is 93.0 Å². The monoisotopic (exact) mass is 521 g/mol. The van der Waals surface area contributed by atoms with E-state index in [1.54, 1.807) is 23.9 Å². The lowest BCUT2D eigenvalue weighted by Gasteiger charge is -2.28. The van der Waals surface area contributed by atoms with Gasteiger partial charge >= 0.3 is 0 Å². The van der Waals surface area contributed by atoms with Crippen molar-refractivity contribution in [1.29, 1.82) is 0 Å². The number of aliphatic hydroxyl groups is 1. The summed E-state index contributed by atoms with van der Waals surface area (Å²) in [4.78, 5) is 39.2. The van der Waals surface area contributed by atoms with Gasteiger partial charge in [-0.3, -0.25) is 19.1 Å². The summed E-state index contributed by atoms with van der Waals surface area (Å²) in [7, 11) is 0. The fraction of sp³-hybridized carbons (Fsp3) is 0.586. The van der Waals surface area contributed by atoms with Crippen LogP contribution < -0.4 is 16.0 Å². The molecule has 0 aliphatic heterocycles. The van der Waals surface area contributed by atoms with Crippen molar-refractivity contribution in [2.24, 2.45) is 17.8 Å². The van der Waals surface area contributed by atoms with Crippen molar-refractivity contribution < 1.29 is 19.5 Å². The van der Waals surface area contributed by atoms with E-state index in [2.05, 4.69) is 21.0 Å². The number of fused-ring (bicyclic) bond motifs is 1. The molecule has 1 aromatic heterocycles. The van der Waals surface area contributed by atoms with E-state index in [1.807, 2.05) is 32.0 Å². The van der Waals surface area contributed by atoms with Crippen LogP contribution >= 0.6 is 0 Å². The van der Waals surface area contributed by atoms with Crippen LogP contribution in [0, 0.1) is 17.8 Å². The van der Waals surface area contributed by atoms with Gasteiger partial charge in [0, 0.05) is 17.9 Å². The third kappa shape index (κ3) is 5.62. The molecule has 204 valence electrons. The minimum atomic E-state index is -1.00. The molecule has 0 unspecified atom stereocenters. The normalized spacial score (nSPS) is 20.2. The fourth-order valence-electron chi connectivity index (χ4n) is 5.87. The van der Waals surface area contributed by atoms with Crippen LogP contribution in [0.15, 0.2) is 30.5 Å². The zero-order chi connectivity index (χ0) is 27.0. The first-order valence-corrected chi connectivity index (χ1v) is 14.0. The first-order valence-electron chi connectivity index (χ1n) is 14.0. The van der Waals surface area contributed by atoms with E-state index in [-0.39, 0.29) is 35.7 Å². The van der Waals surface area contributed by atoms with Crippen molar-refractivity contribution in [2.75, 3.05) is 5.32 Å². The zero-order valence-corrected chi connectivity index (χ0v) is 22.4. The second-order valence-electron chi connectivity index (χ2n) is 11.4. The predicted octanol–water partition coefficient (Wildman–Crippen LogP) is 3.51. The molecule has 2 saturated carbocycles. The van der Waals surface area contributed by atoms with Crippen LogP contribution in [-0.4, -0.2) is 44.8 Å². The largest absolute Gasteiger partial charge is 0.383 e. The number of anilines is 1. The lowest BCUT2D eigenvalue weighted by atomic mass is 9.88. The quantitative estimate of drug-likeness (QED) is 0.360. The van der Waals surface area contributed by atoms with E-state index in [1.165, 1.54) is 0 Å². The number of hydrogen-bond donors (Lipinski definition) is 4. The second kappa shape index (κ2) is 10.9. The van der Waals surface area contributed by atoms with Gasteiger partial charge in [0.2, 0.25) is 11.8 Å². The number of nitrogens with one attached hydrogen (secondary N) is 3. The van der Waals surface area contributed by atoms with E-state index in [9.17, 15) is 19.5 Å². The molecule has 0 bridgehead atoms. The van der Waals surface area contributed by atoms with Gasteiger partial charge in [-0.05, 0) is 106 Å². The first-order chi connectivity index (χ1) is 18.3. The Morgan fingerprint density at radius 3 is 2.39 bits per heavy atom. The SMILES string of the molecule is CC[C@@H](O)C(=O)N[C@@H]1CCc2cc(NC(=O)[C@@H](NC(=O)c3ccnn3C(C)C)C(C3CC3)C3CC3)ccc21. The van der Waals surface area contributed by atoms with E-state index < -0.39 is 12.1 Å². The Morgan fingerprint density at radius 1 is 1.05 bits per heavy atom. The van der Waals surface area contributed by atoms with Crippen LogP contribution in [0.5, 0.6) is 0 Å². The van der Waals surface area contributed by atoms with E-state index in [0.717, 1.165) is 49.7 Å². The summed E-state index contributed by atoms with van der Waals surface area (Å²) in [6.45, 7) is 5.72. The molecule has 0 saturated heterocycles. The van der Waals surface area contributed by atoms with Gasteiger partial charge in [0.1, 0.15) is 17.8 Å². The van der Waals surface area contributed by atoms with Crippen molar-refractivity contribution in [1.82, 2.24) is 20.4 Å². The Morgan fingerprint density at radius 2 is 1.76 bits per heavy atom. The molecule has 9 heteroatoms. The zero-order valence-electron chi connectivity index (χ0n) is 22.4. The van der Waals surface area contributed by atoms with Gasteiger partial charge < -0.3 is 21.1 Å². The van der Waals surface area contributed by atoms with Gasteiger partial charge in [-0.15, -0.1) is 0 Å².